The van der Waals surface area contributed by atoms with Gasteiger partial charge in [-0.25, -0.2) is 0 Å². The molecule has 9 heteroatoms. The highest BCUT2D eigenvalue weighted by Gasteiger charge is 2.39. The quantitative estimate of drug-likeness (QED) is 0.452. The summed E-state index contributed by atoms with van der Waals surface area (Å²) in [6.07, 6.45) is 2.17. The number of hydrogen-bond acceptors (Lipinski definition) is 5. The number of nitrogens with one attached hydrogen (secondary N) is 3. The van der Waals surface area contributed by atoms with Crippen molar-refractivity contribution in [3.63, 3.8) is 0 Å². The van der Waals surface area contributed by atoms with Crippen molar-refractivity contribution in [1.82, 2.24) is 20.9 Å². The third-order valence-electron chi connectivity index (χ3n) is 6.97. The van der Waals surface area contributed by atoms with Gasteiger partial charge in [-0.2, -0.15) is 0 Å². The van der Waals surface area contributed by atoms with Gasteiger partial charge in [-0.15, -0.1) is 0 Å². The van der Waals surface area contributed by atoms with Crippen LogP contribution in [0.25, 0.3) is 0 Å². The Balaban J connectivity index is 1.39. The molecule has 0 saturated carbocycles. The summed E-state index contributed by atoms with van der Waals surface area (Å²) >= 11 is 0. The minimum atomic E-state index is -0.679. The lowest BCUT2D eigenvalue weighted by atomic mass is 9.97. The molecule has 5 amide bonds. The van der Waals surface area contributed by atoms with Gasteiger partial charge in [0.05, 0.1) is 6.04 Å². The summed E-state index contributed by atoms with van der Waals surface area (Å²) in [5.74, 6) is -1.49. The van der Waals surface area contributed by atoms with Crippen LogP contribution in [0.1, 0.15) is 72.6 Å². The van der Waals surface area contributed by atoms with Gasteiger partial charge in [-0.3, -0.25) is 29.3 Å². The molecule has 0 bridgehead atoms. The minimum Gasteiger partial charge on any atom is -0.348 e. The summed E-state index contributed by atoms with van der Waals surface area (Å²) in [5, 5.41) is 8.06. The number of piperidine rings is 1. The second-order valence-corrected chi connectivity index (χ2v) is 9.63. The van der Waals surface area contributed by atoms with Crippen LogP contribution in [0.5, 0.6) is 0 Å². The van der Waals surface area contributed by atoms with Crippen molar-refractivity contribution < 1.29 is 24.0 Å². The lowest BCUT2D eigenvalue weighted by molar-refractivity contribution is -0.137. The number of nitrogens with zero attached hydrogens (tertiary/aromatic N) is 1. The minimum absolute atomic E-state index is 0.202. The smallest absolute Gasteiger partial charge is 0.255 e. The summed E-state index contributed by atoms with van der Waals surface area (Å²) in [5.41, 5.74) is 3.38. The van der Waals surface area contributed by atoms with Crippen LogP contribution in [0.15, 0.2) is 48.5 Å². The molecular weight excluding hydrogens is 472 g/mol. The average Bonchev–Trinajstić information content (AvgIpc) is 3.20. The zero-order valence-electron chi connectivity index (χ0n) is 21.1. The topological polar surface area (TPSA) is 125 Å². The molecule has 0 spiro atoms. The average molecular weight is 505 g/mol. The molecule has 2 aromatic carbocycles. The van der Waals surface area contributed by atoms with Gasteiger partial charge >= 0.3 is 0 Å². The molecule has 194 valence electrons. The van der Waals surface area contributed by atoms with E-state index in [1.165, 1.54) is 11.8 Å². The van der Waals surface area contributed by atoms with E-state index in [4.69, 9.17) is 0 Å². The fourth-order valence-corrected chi connectivity index (χ4v) is 5.03. The van der Waals surface area contributed by atoms with Crippen LogP contribution in [-0.4, -0.2) is 46.5 Å². The molecule has 0 aliphatic carbocycles. The molecule has 2 heterocycles. The van der Waals surface area contributed by atoms with Crippen LogP contribution >= 0.6 is 0 Å². The molecule has 2 aliphatic rings. The summed E-state index contributed by atoms with van der Waals surface area (Å²) in [6, 6.07) is 13.6. The Morgan fingerprint density at radius 3 is 2.51 bits per heavy atom. The van der Waals surface area contributed by atoms with Crippen molar-refractivity contribution in [2.45, 2.75) is 70.6 Å². The molecule has 2 unspecified atom stereocenters. The molecule has 0 radical (unpaired) electrons. The molecule has 0 aromatic heterocycles. The van der Waals surface area contributed by atoms with Crippen molar-refractivity contribution in [2.24, 2.45) is 0 Å². The number of carbonyl (C=O) groups excluding carboxylic acids is 5. The highest BCUT2D eigenvalue weighted by molar-refractivity contribution is 6.05. The molecule has 3 N–H and O–H groups in total. The fraction of sp³-hybridized carbons (Fsp3) is 0.393. The Hall–Kier alpha value is -4.01. The zero-order chi connectivity index (χ0) is 26.5. The van der Waals surface area contributed by atoms with Crippen LogP contribution < -0.4 is 16.0 Å². The predicted octanol–water partition coefficient (Wildman–Crippen LogP) is 2.15. The summed E-state index contributed by atoms with van der Waals surface area (Å²) in [4.78, 5) is 63.2. The monoisotopic (exact) mass is 504 g/mol. The second-order valence-electron chi connectivity index (χ2n) is 9.63. The summed E-state index contributed by atoms with van der Waals surface area (Å²) < 4.78 is 0. The van der Waals surface area contributed by atoms with E-state index in [1.54, 1.807) is 6.07 Å². The summed E-state index contributed by atoms with van der Waals surface area (Å²) in [6.45, 7) is 3.59. The van der Waals surface area contributed by atoms with Crippen LogP contribution in [-0.2, 0) is 32.1 Å². The first-order valence-corrected chi connectivity index (χ1v) is 12.6. The maximum absolute atomic E-state index is 13.0. The van der Waals surface area contributed by atoms with E-state index < -0.39 is 18.0 Å². The normalized spacial score (nSPS) is 18.6. The zero-order valence-corrected chi connectivity index (χ0v) is 21.1. The van der Waals surface area contributed by atoms with E-state index in [0.29, 0.717) is 37.8 Å². The standard InChI is InChI=1S/C28H32N4O5/c1-17(19-8-4-3-5-9-19)29-26(35)23(30-18(2)33)13-7-11-20-10-6-12-21-22(20)16-32(28(21)37)24-14-15-25(34)31-27(24)36/h3-6,8-10,12,17,23-24H,7,11,13-16H2,1-2H3,(H,29,35)(H,30,33)(H,31,34,36)/t17-,23?,24?/m1/s1. The van der Waals surface area contributed by atoms with E-state index >= 15 is 0 Å². The Labute approximate surface area is 216 Å². The first-order valence-electron chi connectivity index (χ1n) is 12.6. The van der Waals surface area contributed by atoms with Gasteiger partial charge in [0.15, 0.2) is 0 Å². The molecule has 2 aromatic rings. The second kappa shape index (κ2) is 11.4. The molecule has 3 atom stereocenters. The summed E-state index contributed by atoms with van der Waals surface area (Å²) in [7, 11) is 0. The van der Waals surface area contributed by atoms with E-state index in [9.17, 15) is 24.0 Å². The molecule has 1 fully saturated rings. The first-order chi connectivity index (χ1) is 17.7. The molecular formula is C28H32N4O5. The van der Waals surface area contributed by atoms with E-state index in [2.05, 4.69) is 16.0 Å². The molecule has 1 saturated heterocycles. The lowest BCUT2D eigenvalue weighted by Gasteiger charge is -2.29. The Morgan fingerprint density at radius 2 is 1.81 bits per heavy atom. The van der Waals surface area contributed by atoms with Crippen molar-refractivity contribution in [2.75, 3.05) is 0 Å². The van der Waals surface area contributed by atoms with E-state index in [-0.39, 0.29) is 36.1 Å². The molecule has 37 heavy (non-hydrogen) atoms. The van der Waals surface area contributed by atoms with Crippen LogP contribution in [0.4, 0.5) is 0 Å². The van der Waals surface area contributed by atoms with Crippen LogP contribution in [0, 0.1) is 0 Å². The highest BCUT2D eigenvalue weighted by atomic mass is 16.2. The predicted molar refractivity (Wildman–Crippen MR) is 136 cm³/mol. The van der Waals surface area contributed by atoms with Crippen molar-refractivity contribution in [3.05, 3.63) is 70.8 Å². The number of imide groups is 1. The maximum Gasteiger partial charge on any atom is 0.255 e. The SMILES string of the molecule is CC(=O)NC(CCCc1cccc2c1CN(C1CCC(=O)NC1=O)C2=O)C(=O)N[C@H](C)c1ccccc1. The van der Waals surface area contributed by atoms with Gasteiger partial charge in [0, 0.05) is 25.5 Å². The third-order valence-corrected chi connectivity index (χ3v) is 6.97. The van der Waals surface area contributed by atoms with Crippen LogP contribution in [0.2, 0.25) is 0 Å². The van der Waals surface area contributed by atoms with E-state index in [0.717, 1.165) is 16.7 Å². The van der Waals surface area contributed by atoms with Gasteiger partial charge in [0.25, 0.3) is 5.91 Å². The van der Waals surface area contributed by atoms with Crippen molar-refractivity contribution >= 4 is 29.5 Å². The number of amides is 5. The van der Waals surface area contributed by atoms with Gasteiger partial charge in [-0.05, 0) is 55.4 Å². The number of hydrogen-bond donors (Lipinski definition) is 3. The third kappa shape index (κ3) is 6.04. The number of benzene rings is 2. The van der Waals surface area contributed by atoms with Gasteiger partial charge in [-0.1, -0.05) is 42.5 Å². The van der Waals surface area contributed by atoms with Crippen molar-refractivity contribution in [3.8, 4) is 0 Å². The molecule has 4 rings (SSSR count). The fourth-order valence-electron chi connectivity index (χ4n) is 5.03. The number of carbonyl (C=O) groups is 5. The Kier molecular flexibility index (Phi) is 8.01. The van der Waals surface area contributed by atoms with Gasteiger partial charge in [0.2, 0.25) is 23.6 Å². The van der Waals surface area contributed by atoms with Gasteiger partial charge < -0.3 is 15.5 Å². The maximum atomic E-state index is 13.0. The number of aryl methyl sites for hydroxylation is 1. The first kappa shape index (κ1) is 26.1. The Bertz CT molecular complexity index is 1210. The Morgan fingerprint density at radius 1 is 1.05 bits per heavy atom. The highest BCUT2D eigenvalue weighted by Crippen LogP contribution is 2.30. The largest absolute Gasteiger partial charge is 0.348 e. The number of rotatable bonds is 9. The van der Waals surface area contributed by atoms with Crippen molar-refractivity contribution in [1.29, 1.82) is 0 Å². The van der Waals surface area contributed by atoms with Gasteiger partial charge in [0.1, 0.15) is 12.1 Å². The number of fused-ring (bicyclic) bond motifs is 1. The molecule has 9 nitrogen and oxygen atoms in total. The lowest BCUT2D eigenvalue weighted by Crippen LogP contribution is -2.52. The molecule has 2 aliphatic heterocycles. The van der Waals surface area contributed by atoms with Crippen LogP contribution in [0.3, 0.4) is 0 Å². The van der Waals surface area contributed by atoms with E-state index in [1.807, 2.05) is 49.4 Å².